The van der Waals surface area contributed by atoms with Crippen molar-refractivity contribution in [3.8, 4) is 0 Å². The Labute approximate surface area is 227 Å². The van der Waals surface area contributed by atoms with E-state index in [2.05, 4.69) is 0 Å². The Bertz CT molecular complexity index is 1400. The molecule has 1 spiro atoms. The Kier molecular flexibility index (Phi) is 6.15. The van der Waals surface area contributed by atoms with Crippen molar-refractivity contribution in [2.24, 2.45) is 17.8 Å². The summed E-state index contributed by atoms with van der Waals surface area (Å²) in [5.74, 6) is -3.16. The van der Waals surface area contributed by atoms with E-state index in [-0.39, 0.29) is 37.5 Å². The van der Waals surface area contributed by atoms with Crippen LogP contribution in [0.2, 0.25) is 0 Å². The number of fused-ring (bicyclic) bond motifs is 3. The van der Waals surface area contributed by atoms with Gasteiger partial charge in [0.25, 0.3) is 5.91 Å². The topological polar surface area (TPSA) is 96.4 Å². The van der Waals surface area contributed by atoms with Gasteiger partial charge in [0.1, 0.15) is 29.8 Å². The maximum Gasteiger partial charge on any atom is 0.313 e. The number of benzene rings is 2. The first-order chi connectivity index (χ1) is 18.8. The van der Waals surface area contributed by atoms with E-state index in [1.165, 1.54) is 4.90 Å². The van der Waals surface area contributed by atoms with Crippen molar-refractivity contribution in [3.63, 3.8) is 0 Å². The van der Waals surface area contributed by atoms with E-state index in [1.54, 1.807) is 11.0 Å². The summed E-state index contributed by atoms with van der Waals surface area (Å²) in [6, 6.07) is 12.1. The zero-order valence-electron chi connectivity index (χ0n) is 22.4. The van der Waals surface area contributed by atoms with Crippen molar-refractivity contribution in [2.75, 3.05) is 24.7 Å². The van der Waals surface area contributed by atoms with Gasteiger partial charge >= 0.3 is 5.97 Å². The van der Waals surface area contributed by atoms with Gasteiger partial charge in [0.05, 0.1) is 18.6 Å². The number of amides is 2. The molecule has 8 nitrogen and oxygen atoms in total. The number of cyclic esters (lactones) is 1. The van der Waals surface area contributed by atoms with Gasteiger partial charge in [-0.15, -0.1) is 0 Å². The zero-order chi connectivity index (χ0) is 27.5. The summed E-state index contributed by atoms with van der Waals surface area (Å²) in [4.78, 5) is 45.6. The van der Waals surface area contributed by atoms with Crippen LogP contribution in [0.5, 0.6) is 0 Å². The Balaban J connectivity index is 1.53. The molecule has 1 unspecified atom stereocenters. The van der Waals surface area contributed by atoms with Crippen LogP contribution in [0.25, 0.3) is 10.8 Å². The lowest BCUT2D eigenvalue weighted by Gasteiger charge is -2.41. The number of aliphatic hydroxyl groups excluding tert-OH is 1. The van der Waals surface area contributed by atoms with Crippen LogP contribution in [0.1, 0.15) is 27.2 Å². The van der Waals surface area contributed by atoms with Gasteiger partial charge in [-0.25, -0.2) is 0 Å². The summed E-state index contributed by atoms with van der Waals surface area (Å²) in [6.07, 6.45) is 7.71. The van der Waals surface area contributed by atoms with Gasteiger partial charge in [-0.2, -0.15) is 0 Å². The predicted octanol–water partition coefficient (Wildman–Crippen LogP) is 3.23. The first-order valence-electron chi connectivity index (χ1n) is 13.7. The molecule has 0 saturated carbocycles. The molecule has 6 atom stereocenters. The minimum Gasteiger partial charge on any atom is -0.461 e. The van der Waals surface area contributed by atoms with Crippen molar-refractivity contribution in [3.05, 3.63) is 66.8 Å². The number of nitrogens with zero attached hydrogens (tertiary/aromatic N) is 2. The van der Waals surface area contributed by atoms with Gasteiger partial charge in [-0.3, -0.25) is 14.4 Å². The highest BCUT2D eigenvalue weighted by Gasteiger charge is 2.76. The molecule has 0 aliphatic carbocycles. The van der Waals surface area contributed by atoms with Gasteiger partial charge in [0.15, 0.2) is 0 Å². The Morgan fingerprint density at radius 2 is 1.77 bits per heavy atom. The van der Waals surface area contributed by atoms with Gasteiger partial charge < -0.3 is 24.4 Å². The first kappa shape index (κ1) is 25.8. The van der Waals surface area contributed by atoms with Crippen LogP contribution in [-0.2, 0) is 23.9 Å². The quantitative estimate of drug-likeness (QED) is 0.471. The molecule has 2 aromatic carbocycles. The largest absolute Gasteiger partial charge is 0.461 e. The number of ether oxygens (including phenoxy) is 2. The highest BCUT2D eigenvalue weighted by Crippen LogP contribution is 2.59. The van der Waals surface area contributed by atoms with E-state index in [0.717, 1.165) is 10.8 Å². The summed E-state index contributed by atoms with van der Waals surface area (Å²) in [5.41, 5.74) is -1.75. The Morgan fingerprint density at radius 3 is 2.49 bits per heavy atom. The molecule has 2 fully saturated rings. The second-order valence-corrected chi connectivity index (χ2v) is 11.3. The van der Waals surface area contributed by atoms with Gasteiger partial charge in [-0.1, -0.05) is 69.3 Å². The molecule has 1 N–H and O–H groups in total. The number of carbonyl (C=O) groups is 3. The number of hydrogen-bond acceptors (Lipinski definition) is 6. The fourth-order valence-corrected chi connectivity index (χ4v) is 7.09. The Hall–Kier alpha value is -3.49. The van der Waals surface area contributed by atoms with E-state index in [4.69, 9.17) is 9.47 Å². The Morgan fingerprint density at radius 1 is 1.00 bits per heavy atom. The van der Waals surface area contributed by atoms with E-state index < -0.39 is 41.1 Å². The van der Waals surface area contributed by atoms with Crippen LogP contribution < -0.4 is 4.90 Å². The first-order valence-corrected chi connectivity index (χ1v) is 13.7. The van der Waals surface area contributed by atoms with E-state index in [9.17, 15) is 19.5 Å². The fraction of sp³-hybridized carbons (Fsp3) is 0.452. The second kappa shape index (κ2) is 9.31. The standard InChI is InChI=1S/C31H34N2O6/c1-4-30-13-8-16-38-29(37)25(30)24-27(35)33(23(18-34)19(2)3)26-28(36)32(15-7-14-31(24,26)39-30)22-12-11-20-9-5-6-10-21(20)17-22/h5-14,17,19,23-26,34H,4,15-16,18H2,1-3H3/t23-,24-,25+,26?,30-,31-/m0/s1. The summed E-state index contributed by atoms with van der Waals surface area (Å²) < 4.78 is 12.4. The lowest BCUT2D eigenvalue weighted by molar-refractivity contribution is -0.159. The third-order valence-electron chi connectivity index (χ3n) is 8.99. The van der Waals surface area contributed by atoms with E-state index >= 15 is 0 Å². The lowest BCUT2D eigenvalue weighted by Crippen LogP contribution is -2.60. The third-order valence-corrected chi connectivity index (χ3v) is 8.99. The van der Waals surface area contributed by atoms with Crippen molar-refractivity contribution in [1.82, 2.24) is 4.90 Å². The van der Waals surface area contributed by atoms with Crippen molar-refractivity contribution < 1.29 is 29.0 Å². The molecule has 4 aliphatic rings. The molecular weight excluding hydrogens is 496 g/mol. The molecule has 39 heavy (non-hydrogen) atoms. The van der Waals surface area contributed by atoms with E-state index in [1.807, 2.05) is 81.5 Å². The number of carbonyl (C=O) groups excluding carboxylic acids is 3. The van der Waals surface area contributed by atoms with Crippen LogP contribution in [0.4, 0.5) is 5.69 Å². The highest BCUT2D eigenvalue weighted by atomic mass is 16.6. The summed E-state index contributed by atoms with van der Waals surface area (Å²) >= 11 is 0. The van der Waals surface area contributed by atoms with Crippen molar-refractivity contribution >= 4 is 34.2 Å². The number of aliphatic hydroxyl groups is 1. The average Bonchev–Trinajstić information content (AvgIpc) is 3.20. The number of likely N-dealkylation sites (tertiary alicyclic amines) is 1. The molecule has 204 valence electrons. The maximum atomic E-state index is 14.6. The molecule has 8 heteroatoms. The minimum atomic E-state index is -1.39. The molecule has 4 heterocycles. The minimum absolute atomic E-state index is 0.108. The summed E-state index contributed by atoms with van der Waals surface area (Å²) in [7, 11) is 0. The molecule has 2 saturated heterocycles. The molecule has 0 aromatic heterocycles. The third kappa shape index (κ3) is 3.61. The van der Waals surface area contributed by atoms with Crippen LogP contribution in [-0.4, -0.2) is 70.8 Å². The van der Waals surface area contributed by atoms with Crippen LogP contribution in [0.3, 0.4) is 0 Å². The SMILES string of the molecule is CC[C@]12C=CCOC(=O)[C@H]1[C@H]1C(=O)N([C@@H](CO)C(C)C)C3C(=O)N(c4ccc5ccccc5c4)CC=C[C@@]31O2. The summed E-state index contributed by atoms with van der Waals surface area (Å²) in [5, 5.41) is 12.5. The highest BCUT2D eigenvalue weighted by molar-refractivity contribution is 6.06. The summed E-state index contributed by atoms with van der Waals surface area (Å²) in [6.45, 7) is 5.81. The second-order valence-electron chi connectivity index (χ2n) is 11.3. The monoisotopic (exact) mass is 530 g/mol. The van der Waals surface area contributed by atoms with Gasteiger partial charge in [0, 0.05) is 12.2 Å². The number of hydrogen-bond donors (Lipinski definition) is 1. The normalized spacial score (nSPS) is 32.6. The molecule has 0 bridgehead atoms. The van der Waals surface area contributed by atoms with Crippen LogP contribution >= 0.6 is 0 Å². The molecule has 2 amide bonds. The molecule has 4 aliphatic heterocycles. The molecular formula is C31H34N2O6. The average molecular weight is 531 g/mol. The smallest absolute Gasteiger partial charge is 0.313 e. The maximum absolute atomic E-state index is 14.6. The van der Waals surface area contributed by atoms with E-state index in [0.29, 0.717) is 12.1 Å². The van der Waals surface area contributed by atoms with Gasteiger partial charge in [-0.05, 0) is 41.3 Å². The molecule has 6 rings (SSSR count). The fourth-order valence-electron chi connectivity index (χ4n) is 7.09. The lowest BCUT2D eigenvalue weighted by atomic mass is 9.73. The van der Waals surface area contributed by atoms with Crippen LogP contribution in [0.15, 0.2) is 66.8 Å². The number of rotatable bonds is 5. The van der Waals surface area contributed by atoms with Crippen molar-refractivity contribution in [1.29, 1.82) is 0 Å². The van der Waals surface area contributed by atoms with Crippen LogP contribution in [0, 0.1) is 17.8 Å². The predicted molar refractivity (Wildman–Crippen MR) is 146 cm³/mol. The zero-order valence-corrected chi connectivity index (χ0v) is 22.4. The van der Waals surface area contributed by atoms with Gasteiger partial charge in [0.2, 0.25) is 5.91 Å². The number of anilines is 1. The molecule has 2 aromatic rings. The molecule has 0 radical (unpaired) electrons. The van der Waals surface area contributed by atoms with Crippen molar-refractivity contribution in [2.45, 2.75) is 50.5 Å². The number of esters is 1.